The number of aromatic nitrogens is 1. The first-order chi connectivity index (χ1) is 12.2. The molecule has 2 aliphatic rings. The van der Waals surface area contributed by atoms with Gasteiger partial charge in [0.05, 0.1) is 12.3 Å². The van der Waals surface area contributed by atoms with Gasteiger partial charge < -0.3 is 9.84 Å². The van der Waals surface area contributed by atoms with Crippen molar-refractivity contribution in [3.8, 4) is 11.5 Å². The molecule has 132 valence electrons. The zero-order valence-corrected chi connectivity index (χ0v) is 15.3. The maximum Gasteiger partial charge on any atom is 0.138 e. The van der Waals surface area contributed by atoms with Gasteiger partial charge in [0, 0.05) is 29.6 Å². The van der Waals surface area contributed by atoms with Crippen molar-refractivity contribution >= 4 is 11.8 Å². The third kappa shape index (κ3) is 4.10. The monoisotopic (exact) mass is 356 g/mol. The van der Waals surface area contributed by atoms with Crippen LogP contribution in [0.1, 0.15) is 18.5 Å². The fourth-order valence-corrected chi connectivity index (χ4v) is 4.84. The number of aryl methyl sites for hydroxylation is 1. The fraction of sp³-hybridized carbons (Fsp3) is 0.450. The third-order valence-corrected chi connectivity index (χ3v) is 6.32. The molecule has 5 heteroatoms. The first kappa shape index (κ1) is 16.7. The summed E-state index contributed by atoms with van der Waals surface area (Å²) in [4.78, 5) is 8.08. The molecule has 1 saturated carbocycles. The van der Waals surface area contributed by atoms with Crippen molar-refractivity contribution in [2.24, 2.45) is 11.8 Å². The summed E-state index contributed by atoms with van der Waals surface area (Å²) in [5.74, 6) is 3.75. The summed E-state index contributed by atoms with van der Waals surface area (Å²) >= 11 is 1.85. The molecule has 2 fully saturated rings. The first-order valence-corrected chi connectivity index (χ1v) is 9.88. The second kappa shape index (κ2) is 7.26. The molecule has 2 heterocycles. The molecular weight excluding hydrogens is 332 g/mol. The van der Waals surface area contributed by atoms with Gasteiger partial charge >= 0.3 is 0 Å². The number of pyridine rings is 1. The first-order valence-electron chi connectivity index (χ1n) is 8.89. The lowest BCUT2D eigenvalue weighted by Gasteiger charge is -2.19. The van der Waals surface area contributed by atoms with E-state index in [0.29, 0.717) is 11.9 Å². The number of aromatic hydroxyl groups is 1. The zero-order valence-electron chi connectivity index (χ0n) is 14.5. The van der Waals surface area contributed by atoms with E-state index in [-0.39, 0.29) is 0 Å². The summed E-state index contributed by atoms with van der Waals surface area (Å²) in [5, 5.41) is 9.35. The zero-order chi connectivity index (χ0) is 17.2. The number of hydrogen-bond acceptors (Lipinski definition) is 5. The summed E-state index contributed by atoms with van der Waals surface area (Å²) in [6.45, 7) is 4.33. The Labute approximate surface area is 153 Å². The van der Waals surface area contributed by atoms with Crippen molar-refractivity contribution in [1.82, 2.24) is 9.88 Å². The number of phenols is 1. The molecule has 4 rings (SSSR count). The average molecular weight is 356 g/mol. The molecule has 1 saturated heterocycles. The molecule has 1 aliphatic heterocycles. The fourth-order valence-electron chi connectivity index (χ4n) is 3.97. The largest absolute Gasteiger partial charge is 0.508 e. The lowest BCUT2D eigenvalue weighted by atomic mass is 10.0. The summed E-state index contributed by atoms with van der Waals surface area (Å²) in [7, 11) is 0. The summed E-state index contributed by atoms with van der Waals surface area (Å²) in [6.07, 6.45) is 4.48. The van der Waals surface area contributed by atoms with Gasteiger partial charge in [0.1, 0.15) is 11.5 Å². The highest BCUT2D eigenvalue weighted by molar-refractivity contribution is 7.99. The third-order valence-electron chi connectivity index (χ3n) is 5.22. The molecule has 1 N–H and O–H groups in total. The van der Waals surface area contributed by atoms with Crippen LogP contribution in [0.2, 0.25) is 0 Å². The summed E-state index contributed by atoms with van der Waals surface area (Å²) in [5.41, 5.74) is 1.03. The molecule has 1 aliphatic carbocycles. The molecule has 1 unspecified atom stereocenters. The van der Waals surface area contributed by atoms with Crippen LogP contribution in [0.5, 0.6) is 11.5 Å². The molecule has 1 aromatic heterocycles. The van der Waals surface area contributed by atoms with Crippen LogP contribution >= 0.6 is 11.8 Å². The van der Waals surface area contributed by atoms with Gasteiger partial charge in [-0.3, -0.25) is 9.88 Å². The van der Waals surface area contributed by atoms with Crippen molar-refractivity contribution in [1.29, 1.82) is 0 Å². The predicted octanol–water partition coefficient (Wildman–Crippen LogP) is 3.93. The van der Waals surface area contributed by atoms with Crippen LogP contribution < -0.4 is 4.74 Å². The number of rotatable bonds is 5. The molecule has 0 amide bonds. The number of thioether (sulfide) groups is 1. The normalized spacial score (nSPS) is 25.9. The Bertz CT molecular complexity index is 691. The molecular formula is C20H24N2O2S. The predicted molar refractivity (Wildman–Crippen MR) is 100 cm³/mol. The molecule has 3 atom stereocenters. The highest BCUT2D eigenvalue weighted by atomic mass is 32.2. The second-order valence-electron chi connectivity index (χ2n) is 7.17. The maximum absolute atomic E-state index is 9.35. The van der Waals surface area contributed by atoms with Crippen molar-refractivity contribution in [2.45, 2.75) is 30.8 Å². The van der Waals surface area contributed by atoms with E-state index in [1.54, 1.807) is 12.1 Å². The molecule has 0 radical (unpaired) electrons. The van der Waals surface area contributed by atoms with Gasteiger partial charge in [-0.25, -0.2) is 0 Å². The van der Waals surface area contributed by atoms with Crippen LogP contribution in [-0.2, 0) is 0 Å². The molecule has 25 heavy (non-hydrogen) atoms. The van der Waals surface area contributed by atoms with Gasteiger partial charge in [-0.05, 0) is 68.0 Å². The van der Waals surface area contributed by atoms with Crippen LogP contribution in [0, 0.1) is 18.8 Å². The topological polar surface area (TPSA) is 45.6 Å². The summed E-state index contributed by atoms with van der Waals surface area (Å²) in [6, 6.07) is 11.5. The van der Waals surface area contributed by atoms with E-state index in [9.17, 15) is 5.11 Å². The van der Waals surface area contributed by atoms with Crippen molar-refractivity contribution in [2.75, 3.05) is 19.0 Å². The maximum atomic E-state index is 9.35. The number of phenolic OH excluding ortho intramolecular Hbond substituents is 1. The minimum Gasteiger partial charge on any atom is -0.508 e. The van der Waals surface area contributed by atoms with E-state index in [1.807, 2.05) is 49.1 Å². The van der Waals surface area contributed by atoms with Gasteiger partial charge in [0.2, 0.25) is 0 Å². The Morgan fingerprint density at radius 1 is 1.12 bits per heavy atom. The quantitative estimate of drug-likeness (QED) is 0.823. The number of hydrogen-bond donors (Lipinski definition) is 1. The summed E-state index contributed by atoms with van der Waals surface area (Å²) < 4.78 is 6.13. The highest BCUT2D eigenvalue weighted by Gasteiger charge is 2.41. The molecule has 4 nitrogen and oxygen atoms in total. The molecule has 0 bridgehead atoms. The van der Waals surface area contributed by atoms with Gasteiger partial charge in [-0.2, -0.15) is 0 Å². The van der Waals surface area contributed by atoms with Crippen LogP contribution in [0.4, 0.5) is 0 Å². The highest BCUT2D eigenvalue weighted by Crippen LogP contribution is 2.40. The van der Waals surface area contributed by atoms with Gasteiger partial charge in [0.25, 0.3) is 0 Å². The van der Waals surface area contributed by atoms with E-state index in [1.165, 1.54) is 18.0 Å². The van der Waals surface area contributed by atoms with E-state index in [4.69, 9.17) is 4.74 Å². The lowest BCUT2D eigenvalue weighted by molar-refractivity contribution is 0.189. The van der Waals surface area contributed by atoms with Crippen LogP contribution in [0.25, 0.3) is 0 Å². The van der Waals surface area contributed by atoms with Crippen LogP contribution in [0.3, 0.4) is 0 Å². The van der Waals surface area contributed by atoms with E-state index in [0.717, 1.165) is 42.0 Å². The minimum atomic E-state index is 0.329. The number of benzene rings is 1. The van der Waals surface area contributed by atoms with E-state index < -0.39 is 0 Å². The Morgan fingerprint density at radius 3 is 2.48 bits per heavy atom. The minimum absolute atomic E-state index is 0.329. The molecule has 1 aromatic carbocycles. The standard InChI is InChI=1S/C20H24N2O2S/c1-14-2-5-18(10-21-14)24-19-8-15-11-22(12-16(15)9-19)13-25-20-6-3-17(23)4-7-20/h2-7,10,15-16,19,23H,8-9,11-13H2,1H3/t15-,16+,19?. The van der Waals surface area contributed by atoms with Gasteiger partial charge in [-0.15, -0.1) is 11.8 Å². The SMILES string of the molecule is Cc1ccc(OC2C[C@@H]3CN(CSc4ccc(O)cc4)C[C@@H]3C2)cn1. The van der Waals surface area contributed by atoms with Crippen molar-refractivity contribution < 1.29 is 9.84 Å². The Hall–Kier alpha value is -1.72. The molecule has 2 aromatic rings. The van der Waals surface area contributed by atoms with Crippen molar-refractivity contribution in [3.63, 3.8) is 0 Å². The van der Waals surface area contributed by atoms with Gasteiger partial charge in [0.15, 0.2) is 0 Å². The number of ether oxygens (including phenoxy) is 1. The Morgan fingerprint density at radius 2 is 1.84 bits per heavy atom. The average Bonchev–Trinajstić information content (AvgIpc) is 3.14. The Balaban J connectivity index is 1.24. The molecule has 0 spiro atoms. The smallest absolute Gasteiger partial charge is 0.138 e. The van der Waals surface area contributed by atoms with Crippen molar-refractivity contribution in [3.05, 3.63) is 48.3 Å². The van der Waals surface area contributed by atoms with Crippen LogP contribution in [-0.4, -0.2) is 40.1 Å². The number of nitrogens with zero attached hydrogens (tertiary/aromatic N) is 2. The number of likely N-dealkylation sites (tertiary alicyclic amines) is 1. The van der Waals surface area contributed by atoms with E-state index in [2.05, 4.69) is 9.88 Å². The van der Waals surface area contributed by atoms with Crippen LogP contribution in [0.15, 0.2) is 47.5 Å². The Kier molecular flexibility index (Phi) is 4.86. The van der Waals surface area contributed by atoms with Gasteiger partial charge in [-0.1, -0.05) is 0 Å². The van der Waals surface area contributed by atoms with E-state index >= 15 is 0 Å². The second-order valence-corrected chi connectivity index (χ2v) is 8.19. The lowest BCUT2D eigenvalue weighted by Crippen LogP contribution is -2.24. The number of fused-ring (bicyclic) bond motifs is 1.